The summed E-state index contributed by atoms with van der Waals surface area (Å²) >= 11 is 0. The van der Waals surface area contributed by atoms with Gasteiger partial charge in [-0.1, -0.05) is 0 Å². The van der Waals surface area contributed by atoms with E-state index >= 15 is 0 Å². The summed E-state index contributed by atoms with van der Waals surface area (Å²) in [5.41, 5.74) is 1.11. The summed E-state index contributed by atoms with van der Waals surface area (Å²) in [5.74, 6) is -0.474. The topological polar surface area (TPSA) is 77.5 Å². The van der Waals surface area contributed by atoms with Crippen LogP contribution in [0.1, 0.15) is 38.1 Å². The zero-order chi connectivity index (χ0) is 14.3. The minimum atomic E-state index is -0.906. The number of nitrogens with zero attached hydrogens (tertiary/aromatic N) is 2. The van der Waals surface area contributed by atoms with E-state index in [2.05, 4.69) is 0 Å². The van der Waals surface area contributed by atoms with Crippen molar-refractivity contribution in [1.82, 2.24) is 4.57 Å². The van der Waals surface area contributed by atoms with E-state index in [1.165, 1.54) is 17.7 Å². The number of hydroxylamine groups is 1. The molecule has 0 saturated heterocycles. The molecular formula is C14H16N2O4. The van der Waals surface area contributed by atoms with Gasteiger partial charge in [0.2, 0.25) is 12.1 Å². The van der Waals surface area contributed by atoms with Crippen LogP contribution in [0.25, 0.3) is 0 Å². The van der Waals surface area contributed by atoms with Crippen molar-refractivity contribution in [2.45, 2.75) is 32.4 Å². The molecule has 0 aromatic carbocycles. The van der Waals surface area contributed by atoms with Crippen molar-refractivity contribution < 1.29 is 19.4 Å². The fourth-order valence-electron chi connectivity index (χ4n) is 2.88. The second-order valence-corrected chi connectivity index (χ2v) is 5.09. The zero-order valence-corrected chi connectivity index (χ0v) is 11.2. The molecule has 0 bridgehead atoms. The third-order valence-electron chi connectivity index (χ3n) is 3.74. The number of carbonyl (C=O) groups is 1. The molecule has 0 amide bonds. The third kappa shape index (κ3) is 2.02. The van der Waals surface area contributed by atoms with Gasteiger partial charge in [0, 0.05) is 13.0 Å². The standard InChI is InChI=1S/C14H16N2O4/c1-9(17)20-13-7-6-10-8-15(19)12-5-3-2-4-11(12)14(18)16(10)13/h5-8,11,14,18H,2-4H2,1H3. The fraction of sp³-hybridized carbons (Fsp3) is 0.429. The highest BCUT2D eigenvalue weighted by Crippen LogP contribution is 2.37. The first-order valence-corrected chi connectivity index (χ1v) is 6.67. The predicted octanol–water partition coefficient (Wildman–Crippen LogP) is 1.53. The van der Waals surface area contributed by atoms with Crippen LogP contribution in [0.15, 0.2) is 23.9 Å². The summed E-state index contributed by atoms with van der Waals surface area (Å²) in [6.45, 7) is 1.30. The van der Waals surface area contributed by atoms with Crippen molar-refractivity contribution in [2.75, 3.05) is 0 Å². The van der Waals surface area contributed by atoms with Crippen molar-refractivity contribution >= 4 is 12.2 Å². The van der Waals surface area contributed by atoms with Crippen LogP contribution in [-0.2, 0) is 4.79 Å². The lowest BCUT2D eigenvalue weighted by atomic mass is 9.91. The second kappa shape index (κ2) is 4.79. The molecule has 1 N–H and O–H groups in total. The predicted molar refractivity (Wildman–Crippen MR) is 71.2 cm³/mol. The van der Waals surface area contributed by atoms with Gasteiger partial charge < -0.3 is 15.1 Å². The monoisotopic (exact) mass is 276 g/mol. The highest BCUT2D eigenvalue weighted by atomic mass is 16.5. The molecule has 0 fully saturated rings. The smallest absolute Gasteiger partial charge is 0.309 e. The van der Waals surface area contributed by atoms with Gasteiger partial charge in [-0.2, -0.15) is 4.74 Å². The summed E-state index contributed by atoms with van der Waals surface area (Å²) in [4.78, 5) is 11.1. The van der Waals surface area contributed by atoms with Crippen molar-refractivity contribution in [3.05, 3.63) is 34.8 Å². The van der Waals surface area contributed by atoms with E-state index in [0.717, 1.165) is 24.0 Å². The Labute approximate surface area is 116 Å². The van der Waals surface area contributed by atoms with E-state index in [-0.39, 0.29) is 11.8 Å². The Morgan fingerprint density at radius 1 is 1.55 bits per heavy atom. The van der Waals surface area contributed by atoms with Gasteiger partial charge in [0.1, 0.15) is 11.9 Å². The first kappa shape index (κ1) is 12.9. The van der Waals surface area contributed by atoms with Gasteiger partial charge in [0.05, 0.1) is 5.92 Å². The summed E-state index contributed by atoms with van der Waals surface area (Å²) in [5, 5.41) is 22.7. The molecule has 2 atom stereocenters. The minimum absolute atomic E-state index is 0.261. The van der Waals surface area contributed by atoms with Crippen molar-refractivity contribution in [3.63, 3.8) is 0 Å². The molecule has 0 spiro atoms. The largest absolute Gasteiger partial charge is 0.618 e. The average Bonchev–Trinajstić information content (AvgIpc) is 2.75. The molecule has 1 aliphatic heterocycles. The molecule has 6 heteroatoms. The molecular weight excluding hydrogens is 260 g/mol. The van der Waals surface area contributed by atoms with Crippen LogP contribution in [-0.4, -0.2) is 26.6 Å². The Hall–Kier alpha value is -2.08. The van der Waals surface area contributed by atoms with Crippen LogP contribution in [0.4, 0.5) is 0 Å². The number of esters is 1. The number of aromatic nitrogens is 1. The van der Waals surface area contributed by atoms with Crippen molar-refractivity contribution in [3.8, 4) is 5.88 Å². The van der Waals surface area contributed by atoms with E-state index in [0.29, 0.717) is 11.4 Å². The SMILES string of the molecule is CC(=O)Oc1ccc2n1C(O)C1CCCC=C1[N+]([O-])=C2. The van der Waals surface area contributed by atoms with Crippen LogP contribution in [0.5, 0.6) is 5.88 Å². The number of fused-ring (bicyclic) bond motifs is 2. The molecule has 6 nitrogen and oxygen atoms in total. The molecule has 20 heavy (non-hydrogen) atoms. The Morgan fingerprint density at radius 2 is 2.35 bits per heavy atom. The first-order chi connectivity index (χ1) is 9.58. The summed E-state index contributed by atoms with van der Waals surface area (Å²) in [7, 11) is 0. The molecule has 1 aromatic rings. The van der Waals surface area contributed by atoms with Crippen LogP contribution >= 0.6 is 0 Å². The molecule has 2 unspecified atom stereocenters. The van der Waals surface area contributed by atoms with E-state index in [9.17, 15) is 15.1 Å². The number of carbonyl (C=O) groups excluding carboxylic acids is 1. The fourth-order valence-corrected chi connectivity index (χ4v) is 2.88. The second-order valence-electron chi connectivity index (χ2n) is 5.09. The molecule has 3 rings (SSSR count). The first-order valence-electron chi connectivity index (χ1n) is 6.67. The van der Waals surface area contributed by atoms with Gasteiger partial charge in [-0.3, -0.25) is 9.36 Å². The molecule has 0 radical (unpaired) electrons. The molecule has 2 heterocycles. The Morgan fingerprint density at radius 3 is 3.10 bits per heavy atom. The summed E-state index contributed by atoms with van der Waals surface area (Å²) in [6, 6.07) is 3.24. The van der Waals surface area contributed by atoms with Crippen molar-refractivity contribution in [1.29, 1.82) is 0 Å². The van der Waals surface area contributed by atoms with Crippen LogP contribution in [0, 0.1) is 11.1 Å². The van der Waals surface area contributed by atoms with Gasteiger partial charge in [-0.15, -0.1) is 0 Å². The van der Waals surface area contributed by atoms with Gasteiger partial charge in [0.25, 0.3) is 0 Å². The maximum Gasteiger partial charge on any atom is 0.309 e. The zero-order valence-electron chi connectivity index (χ0n) is 11.2. The Balaban J connectivity index is 2.10. The lowest BCUT2D eigenvalue weighted by Crippen LogP contribution is -2.25. The molecule has 2 aliphatic rings. The number of allylic oxidation sites excluding steroid dienone is 1. The molecule has 106 valence electrons. The lowest BCUT2D eigenvalue weighted by molar-refractivity contribution is -0.408. The van der Waals surface area contributed by atoms with Gasteiger partial charge in [0.15, 0.2) is 5.70 Å². The summed E-state index contributed by atoms with van der Waals surface area (Å²) < 4.78 is 7.41. The third-order valence-corrected chi connectivity index (χ3v) is 3.74. The molecule has 1 aromatic heterocycles. The van der Waals surface area contributed by atoms with E-state index in [1.807, 2.05) is 6.08 Å². The number of rotatable bonds is 1. The van der Waals surface area contributed by atoms with Crippen LogP contribution in [0.3, 0.4) is 0 Å². The maximum absolute atomic E-state index is 12.1. The molecule has 0 saturated carbocycles. The minimum Gasteiger partial charge on any atom is -0.618 e. The highest BCUT2D eigenvalue weighted by Gasteiger charge is 2.37. The normalized spacial score (nSPS) is 24.9. The molecule has 1 aliphatic carbocycles. The average molecular weight is 276 g/mol. The Kier molecular flexibility index (Phi) is 3.10. The van der Waals surface area contributed by atoms with Gasteiger partial charge >= 0.3 is 5.97 Å². The number of hydrogen-bond acceptors (Lipinski definition) is 4. The summed E-state index contributed by atoms with van der Waals surface area (Å²) in [6.07, 6.45) is 4.88. The van der Waals surface area contributed by atoms with E-state index in [4.69, 9.17) is 4.74 Å². The number of hydrogen-bond donors (Lipinski definition) is 1. The number of aliphatic hydroxyl groups excluding tert-OH is 1. The van der Waals surface area contributed by atoms with Crippen LogP contribution < -0.4 is 4.74 Å². The highest BCUT2D eigenvalue weighted by molar-refractivity contribution is 5.76. The van der Waals surface area contributed by atoms with E-state index in [1.54, 1.807) is 12.1 Å². The quantitative estimate of drug-likeness (QED) is 0.479. The number of aliphatic hydroxyl groups is 1. The maximum atomic E-state index is 12.1. The lowest BCUT2D eigenvalue weighted by Gasteiger charge is -2.26. The van der Waals surface area contributed by atoms with E-state index < -0.39 is 12.2 Å². The van der Waals surface area contributed by atoms with Crippen LogP contribution in [0.2, 0.25) is 0 Å². The van der Waals surface area contributed by atoms with Gasteiger partial charge in [-0.25, -0.2) is 0 Å². The van der Waals surface area contributed by atoms with Crippen molar-refractivity contribution in [2.24, 2.45) is 5.92 Å². The number of ether oxygens (including phenoxy) is 1. The van der Waals surface area contributed by atoms with Gasteiger partial charge in [-0.05, 0) is 31.4 Å². The Bertz CT molecular complexity index is 615.